The summed E-state index contributed by atoms with van der Waals surface area (Å²) in [5, 5.41) is 12.4. The van der Waals surface area contributed by atoms with E-state index in [0.717, 1.165) is 28.5 Å². The molecule has 6 heteroatoms. The molecule has 0 saturated heterocycles. The Morgan fingerprint density at radius 2 is 1.29 bits per heavy atom. The van der Waals surface area contributed by atoms with Gasteiger partial charge in [0.05, 0.1) is 17.7 Å². The minimum Gasteiger partial charge on any atom is -0.382 e. The number of hydrogen-bond donors (Lipinski definition) is 1. The molecule has 0 amide bonds. The molecule has 0 aliphatic carbocycles. The molecule has 0 bridgehead atoms. The fourth-order valence-corrected chi connectivity index (χ4v) is 5.88. The SMILES string of the molecule is Cn1cc(C(O)c2cn(C(c3ccccc3)(c3ccccc3)c3ccccc3)cn2)c(-c2ccc(Cl)cc2)c1C=O. The molecule has 0 aliphatic rings. The average Bonchev–Trinajstić information content (AvgIpc) is 3.64. The van der Waals surface area contributed by atoms with Crippen molar-refractivity contribution in [2.75, 3.05) is 0 Å². The number of aromatic nitrogens is 3. The van der Waals surface area contributed by atoms with Crippen molar-refractivity contribution in [3.63, 3.8) is 0 Å². The predicted molar refractivity (Wildman–Crippen MR) is 162 cm³/mol. The van der Waals surface area contributed by atoms with Crippen LogP contribution < -0.4 is 0 Å². The van der Waals surface area contributed by atoms with Gasteiger partial charge in [0.1, 0.15) is 11.6 Å². The molecule has 0 radical (unpaired) electrons. The van der Waals surface area contributed by atoms with Gasteiger partial charge in [0.15, 0.2) is 6.29 Å². The van der Waals surface area contributed by atoms with Crippen LogP contribution >= 0.6 is 11.6 Å². The lowest BCUT2D eigenvalue weighted by molar-refractivity contribution is 0.111. The van der Waals surface area contributed by atoms with Crippen LogP contribution in [0.5, 0.6) is 0 Å². The molecule has 2 heterocycles. The first-order valence-electron chi connectivity index (χ1n) is 13.3. The van der Waals surface area contributed by atoms with E-state index in [1.54, 1.807) is 36.3 Å². The molecule has 0 saturated carbocycles. The summed E-state index contributed by atoms with van der Waals surface area (Å²) in [6.45, 7) is 0. The van der Waals surface area contributed by atoms with Gasteiger partial charge in [-0.15, -0.1) is 0 Å². The molecular formula is C35H28ClN3O2. The molecule has 41 heavy (non-hydrogen) atoms. The third-order valence-electron chi connectivity index (χ3n) is 7.64. The van der Waals surface area contributed by atoms with Crippen molar-refractivity contribution < 1.29 is 9.90 Å². The maximum atomic E-state index is 12.1. The standard InChI is InChI=1S/C35H28ClN3O2/c1-38-21-30(33(32(38)23-40)25-17-19-29(36)20-18-25)34(41)31-22-39(24-37-31)35(26-11-5-2-6-12-26,27-13-7-3-8-14-27)28-15-9-4-10-16-28/h2-24,34,41H,1H3. The largest absolute Gasteiger partial charge is 0.382 e. The number of aldehydes is 1. The van der Waals surface area contributed by atoms with Crippen molar-refractivity contribution in [1.29, 1.82) is 0 Å². The molecule has 1 unspecified atom stereocenters. The lowest BCUT2D eigenvalue weighted by Crippen LogP contribution is -2.37. The van der Waals surface area contributed by atoms with E-state index in [1.165, 1.54) is 0 Å². The minimum atomic E-state index is -1.08. The van der Waals surface area contributed by atoms with Gasteiger partial charge in [0.25, 0.3) is 0 Å². The molecule has 6 aromatic rings. The Hall–Kier alpha value is -4.71. The average molecular weight is 558 g/mol. The summed E-state index contributed by atoms with van der Waals surface area (Å²) in [5.74, 6) is 0. The second kappa shape index (κ2) is 11.0. The quantitative estimate of drug-likeness (QED) is 0.158. The Bertz CT molecular complexity index is 1680. The molecule has 6 rings (SSSR count). The lowest BCUT2D eigenvalue weighted by atomic mass is 9.77. The molecule has 1 N–H and O–H groups in total. The van der Waals surface area contributed by atoms with Crippen molar-refractivity contribution in [2.45, 2.75) is 11.6 Å². The molecule has 2 aromatic heterocycles. The van der Waals surface area contributed by atoms with Gasteiger partial charge in [-0.3, -0.25) is 4.79 Å². The fourth-order valence-electron chi connectivity index (χ4n) is 5.75. The van der Waals surface area contributed by atoms with Crippen molar-refractivity contribution in [3.05, 3.63) is 173 Å². The van der Waals surface area contributed by atoms with Crippen molar-refractivity contribution in [3.8, 4) is 11.1 Å². The van der Waals surface area contributed by atoms with Crippen molar-refractivity contribution in [2.24, 2.45) is 7.05 Å². The summed E-state index contributed by atoms with van der Waals surface area (Å²) in [6, 6.07) is 38.2. The van der Waals surface area contributed by atoms with E-state index in [0.29, 0.717) is 27.5 Å². The van der Waals surface area contributed by atoms with E-state index in [4.69, 9.17) is 16.6 Å². The van der Waals surface area contributed by atoms with E-state index >= 15 is 0 Å². The van der Waals surface area contributed by atoms with Crippen LogP contribution in [0.3, 0.4) is 0 Å². The van der Waals surface area contributed by atoms with Gasteiger partial charge in [0.2, 0.25) is 0 Å². The maximum Gasteiger partial charge on any atom is 0.167 e. The highest BCUT2D eigenvalue weighted by atomic mass is 35.5. The van der Waals surface area contributed by atoms with Gasteiger partial charge in [-0.1, -0.05) is 115 Å². The Balaban J connectivity index is 1.54. The highest BCUT2D eigenvalue weighted by molar-refractivity contribution is 6.30. The molecule has 0 fully saturated rings. The number of aliphatic hydroxyl groups excluding tert-OH is 1. The first-order chi connectivity index (χ1) is 20.0. The molecular weight excluding hydrogens is 530 g/mol. The van der Waals surface area contributed by atoms with Crippen LogP contribution in [0.4, 0.5) is 0 Å². The minimum absolute atomic E-state index is 0.466. The Morgan fingerprint density at radius 3 is 1.78 bits per heavy atom. The normalized spacial score (nSPS) is 12.3. The van der Waals surface area contributed by atoms with Crippen LogP contribution in [0.15, 0.2) is 134 Å². The van der Waals surface area contributed by atoms with Gasteiger partial charge in [-0.05, 0) is 34.4 Å². The molecule has 202 valence electrons. The number of halogens is 1. The van der Waals surface area contributed by atoms with E-state index in [-0.39, 0.29) is 0 Å². The number of aryl methyl sites for hydroxylation is 1. The number of hydrogen-bond acceptors (Lipinski definition) is 3. The third kappa shape index (κ3) is 4.59. The van der Waals surface area contributed by atoms with Crippen LogP contribution in [0.1, 0.15) is 44.5 Å². The maximum absolute atomic E-state index is 12.1. The lowest BCUT2D eigenvalue weighted by Gasteiger charge is -2.37. The number of nitrogens with zero attached hydrogens (tertiary/aromatic N) is 3. The van der Waals surface area contributed by atoms with E-state index in [9.17, 15) is 9.90 Å². The van der Waals surface area contributed by atoms with Gasteiger partial charge in [-0.25, -0.2) is 4.98 Å². The third-order valence-corrected chi connectivity index (χ3v) is 7.89. The van der Waals surface area contributed by atoms with Crippen LogP contribution in [-0.2, 0) is 12.6 Å². The Morgan fingerprint density at radius 1 is 0.780 bits per heavy atom. The second-order valence-corrected chi connectivity index (χ2v) is 10.4. The number of carbonyl (C=O) groups excluding carboxylic acids is 1. The summed E-state index contributed by atoms with van der Waals surface area (Å²) in [5.41, 5.74) is 5.38. The number of aliphatic hydroxyl groups is 1. The van der Waals surface area contributed by atoms with Gasteiger partial charge in [-0.2, -0.15) is 0 Å². The van der Waals surface area contributed by atoms with Crippen LogP contribution in [0.2, 0.25) is 5.02 Å². The summed E-state index contributed by atoms with van der Waals surface area (Å²) < 4.78 is 3.80. The summed E-state index contributed by atoms with van der Waals surface area (Å²) >= 11 is 6.14. The molecule has 4 aromatic carbocycles. The number of rotatable bonds is 8. The molecule has 1 atom stereocenters. The number of imidazole rings is 1. The number of carbonyl (C=O) groups is 1. The number of benzene rings is 4. The van der Waals surface area contributed by atoms with E-state index < -0.39 is 11.6 Å². The monoisotopic (exact) mass is 557 g/mol. The zero-order chi connectivity index (χ0) is 28.4. The molecule has 0 aliphatic heterocycles. The van der Waals surface area contributed by atoms with Crippen LogP contribution in [-0.4, -0.2) is 25.5 Å². The summed E-state index contributed by atoms with van der Waals surface area (Å²) in [4.78, 5) is 16.9. The van der Waals surface area contributed by atoms with Crippen LogP contribution in [0, 0.1) is 0 Å². The molecule has 0 spiro atoms. The van der Waals surface area contributed by atoms with E-state index in [2.05, 4.69) is 41.0 Å². The van der Waals surface area contributed by atoms with Gasteiger partial charge >= 0.3 is 0 Å². The zero-order valence-corrected chi connectivity index (χ0v) is 23.2. The van der Waals surface area contributed by atoms with Crippen molar-refractivity contribution >= 4 is 17.9 Å². The molecule has 5 nitrogen and oxygen atoms in total. The van der Waals surface area contributed by atoms with Gasteiger partial charge in [0, 0.05) is 35.6 Å². The Labute approximate surface area is 243 Å². The van der Waals surface area contributed by atoms with E-state index in [1.807, 2.05) is 72.9 Å². The second-order valence-electron chi connectivity index (χ2n) is 10.00. The summed E-state index contributed by atoms with van der Waals surface area (Å²) in [6.07, 6.45) is 5.19. The highest BCUT2D eigenvalue weighted by Crippen LogP contribution is 2.42. The van der Waals surface area contributed by atoms with Crippen LogP contribution in [0.25, 0.3) is 11.1 Å². The smallest absolute Gasteiger partial charge is 0.167 e. The first kappa shape index (κ1) is 26.5. The first-order valence-corrected chi connectivity index (χ1v) is 13.7. The fraction of sp³-hybridized carbons (Fsp3) is 0.0857. The van der Waals surface area contributed by atoms with Gasteiger partial charge < -0.3 is 14.2 Å². The topological polar surface area (TPSA) is 60.1 Å². The Kier molecular flexibility index (Phi) is 7.14. The zero-order valence-electron chi connectivity index (χ0n) is 22.4. The highest BCUT2D eigenvalue weighted by Gasteiger charge is 2.39. The summed E-state index contributed by atoms with van der Waals surface area (Å²) in [7, 11) is 1.79. The van der Waals surface area contributed by atoms with Crippen molar-refractivity contribution in [1.82, 2.24) is 14.1 Å². The predicted octanol–water partition coefficient (Wildman–Crippen LogP) is 7.28.